The van der Waals surface area contributed by atoms with E-state index in [0.717, 1.165) is 31.2 Å². The molecule has 1 heterocycles. The molecule has 4 rings (SSSR count). The minimum absolute atomic E-state index is 0.155. The highest BCUT2D eigenvalue weighted by atomic mass is 19.3. The van der Waals surface area contributed by atoms with Crippen LogP contribution in [-0.4, -0.2) is 22.9 Å². The Labute approximate surface area is 184 Å². The van der Waals surface area contributed by atoms with E-state index >= 15 is 8.78 Å². The zero-order chi connectivity index (χ0) is 21.9. The maximum atomic E-state index is 16.4. The number of benzene rings is 2. The molecule has 2 atom stereocenters. The molecule has 1 fully saturated rings. The highest BCUT2D eigenvalue weighted by Crippen LogP contribution is 2.54. The molecular weight excluding hydrogens is 396 g/mol. The zero-order valence-corrected chi connectivity index (χ0v) is 18.3. The Kier molecular flexibility index (Phi) is 6.52. The van der Waals surface area contributed by atoms with E-state index in [2.05, 4.69) is 0 Å². The van der Waals surface area contributed by atoms with Crippen LogP contribution in [0, 0.1) is 5.92 Å². The van der Waals surface area contributed by atoms with Crippen LogP contribution in [0.4, 0.5) is 14.5 Å². The number of rotatable bonds is 8. The number of hydrogen-bond donors (Lipinski definition) is 1. The molecule has 5 heteroatoms. The molecule has 0 bridgehead atoms. The van der Waals surface area contributed by atoms with Gasteiger partial charge < -0.3 is 14.7 Å². The number of hydrogen-bond acceptors (Lipinski definition) is 3. The van der Waals surface area contributed by atoms with Crippen molar-refractivity contribution in [1.82, 2.24) is 0 Å². The molecule has 0 radical (unpaired) electrons. The SMILES string of the molecule is CCCC[C@@]1(C(F)(F)[C@@H](O)C2CCCCC2)Oc2ccccc2N1Cc1ccccc1. The van der Waals surface area contributed by atoms with Crippen molar-refractivity contribution < 1.29 is 18.6 Å². The molecule has 1 aliphatic heterocycles. The van der Waals surface area contributed by atoms with Crippen molar-refractivity contribution in [1.29, 1.82) is 0 Å². The summed E-state index contributed by atoms with van der Waals surface area (Å²) in [6, 6.07) is 16.9. The second kappa shape index (κ2) is 9.15. The number of ether oxygens (including phenoxy) is 1. The van der Waals surface area contributed by atoms with E-state index in [9.17, 15) is 5.11 Å². The Morgan fingerprint density at radius 3 is 2.45 bits per heavy atom. The lowest BCUT2D eigenvalue weighted by atomic mass is 9.79. The molecular formula is C26H33F2NO2. The number of aliphatic hydroxyl groups excluding tert-OH is 1. The summed E-state index contributed by atoms with van der Waals surface area (Å²) < 4.78 is 38.9. The first-order chi connectivity index (χ1) is 15.0. The largest absolute Gasteiger partial charge is 0.459 e. The molecule has 0 spiro atoms. The number of para-hydroxylation sites is 2. The molecule has 2 aliphatic rings. The molecule has 2 aromatic rings. The molecule has 0 unspecified atom stereocenters. The van der Waals surface area contributed by atoms with E-state index in [-0.39, 0.29) is 6.42 Å². The van der Waals surface area contributed by atoms with E-state index in [1.54, 1.807) is 11.0 Å². The molecule has 1 saturated carbocycles. The van der Waals surface area contributed by atoms with Gasteiger partial charge in [0.05, 0.1) is 5.69 Å². The van der Waals surface area contributed by atoms with Gasteiger partial charge in [-0.15, -0.1) is 0 Å². The molecule has 1 N–H and O–H groups in total. The molecule has 31 heavy (non-hydrogen) atoms. The average molecular weight is 430 g/mol. The first kappa shape index (κ1) is 22.1. The van der Waals surface area contributed by atoms with Gasteiger partial charge in [0.2, 0.25) is 5.72 Å². The fraction of sp³-hybridized carbons (Fsp3) is 0.538. The number of fused-ring (bicyclic) bond motifs is 1. The second-order valence-electron chi connectivity index (χ2n) is 9.00. The summed E-state index contributed by atoms with van der Waals surface area (Å²) in [6.07, 6.45) is 3.93. The Balaban J connectivity index is 1.77. The molecule has 168 valence electrons. The molecule has 3 nitrogen and oxygen atoms in total. The maximum Gasteiger partial charge on any atom is 0.331 e. The summed E-state index contributed by atoms with van der Waals surface area (Å²) in [5.41, 5.74) is -0.302. The summed E-state index contributed by atoms with van der Waals surface area (Å²) >= 11 is 0. The summed E-state index contributed by atoms with van der Waals surface area (Å²) in [4.78, 5) is 1.71. The first-order valence-corrected chi connectivity index (χ1v) is 11.6. The number of alkyl halides is 2. The first-order valence-electron chi connectivity index (χ1n) is 11.6. The Morgan fingerprint density at radius 1 is 1.06 bits per heavy atom. The minimum atomic E-state index is -3.42. The van der Waals surface area contributed by atoms with Gasteiger partial charge in [-0.2, -0.15) is 8.78 Å². The van der Waals surface area contributed by atoms with Crippen molar-refractivity contribution in [3.8, 4) is 5.75 Å². The summed E-state index contributed by atoms with van der Waals surface area (Å²) in [5, 5.41) is 11.0. The average Bonchev–Trinajstić information content (AvgIpc) is 3.13. The zero-order valence-electron chi connectivity index (χ0n) is 18.3. The normalized spacial score (nSPS) is 22.8. The molecule has 0 aromatic heterocycles. The van der Waals surface area contributed by atoms with Gasteiger partial charge in [-0.25, -0.2) is 0 Å². The number of aliphatic hydroxyl groups is 1. The number of nitrogens with zero attached hydrogens (tertiary/aromatic N) is 1. The predicted octanol–water partition coefficient (Wildman–Crippen LogP) is 6.55. The van der Waals surface area contributed by atoms with E-state index in [1.165, 1.54) is 0 Å². The van der Waals surface area contributed by atoms with E-state index in [0.29, 0.717) is 37.2 Å². The molecule has 1 aliphatic carbocycles. The monoisotopic (exact) mass is 429 g/mol. The van der Waals surface area contributed by atoms with Crippen LogP contribution in [-0.2, 0) is 6.54 Å². The van der Waals surface area contributed by atoms with Crippen LogP contribution < -0.4 is 9.64 Å². The van der Waals surface area contributed by atoms with Crippen LogP contribution in [0.15, 0.2) is 54.6 Å². The topological polar surface area (TPSA) is 32.7 Å². The number of halogens is 2. The summed E-state index contributed by atoms with van der Waals surface area (Å²) in [5.74, 6) is -3.35. The van der Waals surface area contributed by atoms with E-state index < -0.39 is 23.7 Å². The Morgan fingerprint density at radius 2 is 1.74 bits per heavy atom. The lowest BCUT2D eigenvalue weighted by Crippen LogP contribution is -2.67. The fourth-order valence-corrected chi connectivity index (χ4v) is 5.17. The highest BCUT2D eigenvalue weighted by Gasteiger charge is 2.67. The van der Waals surface area contributed by atoms with Crippen molar-refractivity contribution in [3.63, 3.8) is 0 Å². The quantitative estimate of drug-likeness (QED) is 0.517. The third-order valence-corrected chi connectivity index (χ3v) is 6.91. The van der Waals surface area contributed by atoms with Gasteiger partial charge in [-0.1, -0.05) is 75.1 Å². The van der Waals surface area contributed by atoms with Crippen molar-refractivity contribution in [2.45, 2.75) is 82.6 Å². The smallest absolute Gasteiger partial charge is 0.331 e. The summed E-state index contributed by atoms with van der Waals surface area (Å²) in [7, 11) is 0. The third kappa shape index (κ3) is 4.05. The van der Waals surface area contributed by atoms with Crippen LogP contribution in [0.2, 0.25) is 0 Å². The van der Waals surface area contributed by atoms with Gasteiger partial charge in [-0.05, 0) is 42.9 Å². The van der Waals surface area contributed by atoms with Crippen molar-refractivity contribution in [2.75, 3.05) is 4.90 Å². The Bertz CT molecular complexity index is 853. The molecule has 0 saturated heterocycles. The van der Waals surface area contributed by atoms with E-state index in [4.69, 9.17) is 4.74 Å². The third-order valence-electron chi connectivity index (χ3n) is 6.91. The van der Waals surface area contributed by atoms with Crippen molar-refractivity contribution >= 4 is 5.69 Å². The van der Waals surface area contributed by atoms with Crippen molar-refractivity contribution in [3.05, 3.63) is 60.2 Å². The van der Waals surface area contributed by atoms with Gasteiger partial charge in [0.15, 0.2) is 0 Å². The number of unbranched alkanes of at least 4 members (excludes halogenated alkanes) is 1. The second-order valence-corrected chi connectivity index (χ2v) is 9.00. The molecule has 0 amide bonds. The van der Waals surface area contributed by atoms with Gasteiger partial charge in [0, 0.05) is 13.0 Å². The molecule has 2 aromatic carbocycles. The van der Waals surface area contributed by atoms with Crippen LogP contribution in [0.3, 0.4) is 0 Å². The highest BCUT2D eigenvalue weighted by molar-refractivity contribution is 5.65. The van der Waals surface area contributed by atoms with Crippen LogP contribution >= 0.6 is 0 Å². The van der Waals surface area contributed by atoms with Crippen LogP contribution in [0.25, 0.3) is 0 Å². The van der Waals surface area contributed by atoms with Gasteiger partial charge in [0.25, 0.3) is 0 Å². The Hall–Kier alpha value is -2.14. The standard InChI is InChI=1S/C26H33F2NO2/c1-2-3-18-25(26(27,28)24(30)21-14-8-5-9-15-21)29(19-20-12-6-4-7-13-20)22-16-10-11-17-23(22)31-25/h4,6-7,10-13,16-17,21,24,30H,2-3,5,8-9,14-15,18-19H2,1H3/t24-,25-/m0/s1. The van der Waals surface area contributed by atoms with Gasteiger partial charge in [0.1, 0.15) is 11.9 Å². The maximum absolute atomic E-state index is 16.4. The van der Waals surface area contributed by atoms with Crippen molar-refractivity contribution in [2.24, 2.45) is 5.92 Å². The van der Waals surface area contributed by atoms with Crippen LogP contribution in [0.5, 0.6) is 5.75 Å². The summed E-state index contributed by atoms with van der Waals surface area (Å²) in [6.45, 7) is 2.29. The van der Waals surface area contributed by atoms with Gasteiger partial charge >= 0.3 is 5.92 Å². The lowest BCUT2D eigenvalue weighted by Gasteiger charge is -2.47. The minimum Gasteiger partial charge on any atom is -0.459 e. The predicted molar refractivity (Wildman–Crippen MR) is 119 cm³/mol. The van der Waals surface area contributed by atoms with Crippen LogP contribution in [0.1, 0.15) is 63.9 Å². The number of anilines is 1. The van der Waals surface area contributed by atoms with Gasteiger partial charge in [-0.3, -0.25) is 0 Å². The van der Waals surface area contributed by atoms with E-state index in [1.807, 2.05) is 55.5 Å². The lowest BCUT2D eigenvalue weighted by molar-refractivity contribution is -0.232. The fourth-order valence-electron chi connectivity index (χ4n) is 5.17.